The first-order valence-electron chi connectivity index (χ1n) is 13.5. The Kier molecular flexibility index (Phi) is 10.9. The number of hydrogen-bond donors (Lipinski definition) is 3. The van der Waals surface area contributed by atoms with Crippen molar-refractivity contribution in [2.24, 2.45) is 5.92 Å². The molecule has 1 heterocycles. The smallest absolute Gasteiger partial charge is 0.320 e. The molecule has 1 aliphatic heterocycles. The van der Waals surface area contributed by atoms with E-state index < -0.39 is 35.3 Å². The van der Waals surface area contributed by atoms with Gasteiger partial charge >= 0.3 is 5.97 Å². The minimum Gasteiger partial charge on any atom is -0.480 e. The number of likely N-dealkylation sites (tertiary alicyclic amines) is 1. The summed E-state index contributed by atoms with van der Waals surface area (Å²) >= 11 is 0. The monoisotopic (exact) mass is 532 g/mol. The number of rotatable bonds is 12. The zero-order valence-electron chi connectivity index (χ0n) is 24.6. The van der Waals surface area contributed by atoms with Gasteiger partial charge in [0.1, 0.15) is 6.04 Å². The van der Waals surface area contributed by atoms with Crippen molar-refractivity contribution in [2.45, 2.75) is 96.7 Å². The Labute approximate surface area is 228 Å². The van der Waals surface area contributed by atoms with Crippen molar-refractivity contribution < 1.29 is 24.2 Å². The predicted octanol–water partition coefficient (Wildman–Crippen LogP) is 2.84. The highest BCUT2D eigenvalue weighted by Crippen LogP contribution is 2.28. The van der Waals surface area contributed by atoms with Crippen LogP contribution in [-0.2, 0) is 24.5 Å². The van der Waals surface area contributed by atoms with E-state index in [1.54, 1.807) is 19.0 Å². The van der Waals surface area contributed by atoms with Crippen molar-refractivity contribution in [2.75, 3.05) is 27.2 Å². The third-order valence-electron chi connectivity index (χ3n) is 7.44. The van der Waals surface area contributed by atoms with Crippen LogP contribution in [0.1, 0.15) is 66.9 Å². The minimum atomic E-state index is -1.20. The lowest BCUT2D eigenvalue weighted by atomic mass is 9.77. The minimum absolute atomic E-state index is 0.0621. The van der Waals surface area contributed by atoms with Gasteiger partial charge in [-0.1, -0.05) is 58.0 Å². The lowest BCUT2D eigenvalue weighted by molar-refractivity contribution is -0.163. The molecule has 1 aliphatic rings. The van der Waals surface area contributed by atoms with Crippen LogP contribution >= 0.6 is 0 Å². The highest BCUT2D eigenvalue weighted by molar-refractivity contribution is 5.90. The fourth-order valence-electron chi connectivity index (χ4n) is 5.26. The average Bonchev–Trinajstić information content (AvgIpc) is 3.29. The fraction of sp³-hybridized carbons (Fsp3) is 0.690. The van der Waals surface area contributed by atoms with Crippen LogP contribution < -0.4 is 10.6 Å². The van der Waals surface area contributed by atoms with Gasteiger partial charge in [-0.25, -0.2) is 0 Å². The molecule has 3 N–H and O–H groups in total. The molecule has 1 fully saturated rings. The Morgan fingerprint density at radius 3 is 2.24 bits per heavy atom. The molecular formula is C29H48N4O5. The van der Waals surface area contributed by atoms with Gasteiger partial charge in [0.2, 0.25) is 12.1 Å². The molecule has 38 heavy (non-hydrogen) atoms. The Bertz CT molecular complexity index is 944. The van der Waals surface area contributed by atoms with Crippen LogP contribution in [0, 0.1) is 5.92 Å². The molecule has 0 radical (unpaired) electrons. The standard InChI is InChI=1S/C29H48N4O5/c1-19(2)22(18-33-17-13-16-21(33)27(36)37)32(9)26(35)25(38-28(3,4)5)31-24(34)23(30-8)29(6,7)20-14-11-10-12-15-20/h10-12,14-15,19,21-23,25,30H,13,16-18H2,1-9H3,(H,31,34)(H,36,37)/t21-,22+,23+,25?/m0/s1. The van der Waals surface area contributed by atoms with E-state index in [0.29, 0.717) is 19.5 Å². The van der Waals surface area contributed by atoms with Crippen molar-refractivity contribution in [3.05, 3.63) is 35.9 Å². The SMILES string of the molecule is CN[C@H](C(=O)NC(OC(C)(C)C)C(=O)N(C)[C@H](CN1CCC[C@H]1C(=O)O)C(C)C)C(C)(C)c1ccccc1. The lowest BCUT2D eigenvalue weighted by Crippen LogP contribution is -2.61. The summed E-state index contributed by atoms with van der Waals surface area (Å²) in [7, 11) is 3.43. The molecule has 0 saturated carbocycles. The summed E-state index contributed by atoms with van der Waals surface area (Å²) in [4.78, 5) is 42.8. The second-order valence-corrected chi connectivity index (χ2v) is 12.2. The molecule has 1 saturated heterocycles. The number of likely N-dealkylation sites (N-methyl/N-ethyl adjacent to an activating group) is 2. The first kappa shape index (κ1) is 31.7. The Balaban J connectivity index is 2.29. The van der Waals surface area contributed by atoms with Crippen molar-refractivity contribution in [3.63, 3.8) is 0 Å². The van der Waals surface area contributed by atoms with Gasteiger partial charge in [0.15, 0.2) is 0 Å². The van der Waals surface area contributed by atoms with Gasteiger partial charge in [0.25, 0.3) is 5.91 Å². The van der Waals surface area contributed by atoms with E-state index in [2.05, 4.69) is 10.6 Å². The Hall–Kier alpha value is -2.49. The molecule has 0 bridgehead atoms. The second-order valence-electron chi connectivity index (χ2n) is 12.2. The number of carbonyl (C=O) groups is 3. The van der Waals surface area contributed by atoms with Gasteiger partial charge in [-0.2, -0.15) is 0 Å². The van der Waals surface area contributed by atoms with Crippen molar-refractivity contribution in [1.29, 1.82) is 0 Å². The molecule has 1 aromatic carbocycles. The van der Waals surface area contributed by atoms with Crippen LogP contribution in [0.2, 0.25) is 0 Å². The zero-order valence-corrected chi connectivity index (χ0v) is 24.6. The van der Waals surface area contributed by atoms with Crippen LogP contribution in [0.5, 0.6) is 0 Å². The molecule has 214 valence electrons. The van der Waals surface area contributed by atoms with Crippen molar-refractivity contribution in [3.8, 4) is 0 Å². The van der Waals surface area contributed by atoms with Gasteiger partial charge in [0.05, 0.1) is 11.6 Å². The number of aliphatic carboxylic acids is 1. The predicted molar refractivity (Wildman–Crippen MR) is 149 cm³/mol. The molecule has 0 aromatic heterocycles. The molecule has 2 rings (SSSR count). The maximum absolute atomic E-state index is 13.9. The quantitative estimate of drug-likeness (QED) is 0.355. The fourth-order valence-corrected chi connectivity index (χ4v) is 5.26. The van der Waals surface area contributed by atoms with E-state index in [4.69, 9.17) is 4.74 Å². The summed E-state index contributed by atoms with van der Waals surface area (Å²) < 4.78 is 6.11. The van der Waals surface area contributed by atoms with Crippen molar-refractivity contribution in [1.82, 2.24) is 20.4 Å². The van der Waals surface area contributed by atoms with Crippen LogP contribution in [0.15, 0.2) is 30.3 Å². The molecule has 0 spiro atoms. The van der Waals surface area contributed by atoms with Gasteiger partial charge in [-0.05, 0) is 58.7 Å². The average molecular weight is 533 g/mol. The maximum Gasteiger partial charge on any atom is 0.320 e. The largest absolute Gasteiger partial charge is 0.480 e. The number of carboxylic acids is 1. The van der Waals surface area contributed by atoms with E-state index in [1.807, 2.05) is 83.7 Å². The molecule has 9 nitrogen and oxygen atoms in total. The van der Waals surface area contributed by atoms with E-state index in [0.717, 1.165) is 12.0 Å². The summed E-state index contributed by atoms with van der Waals surface area (Å²) in [5.41, 5.74) is -0.275. The van der Waals surface area contributed by atoms with Gasteiger partial charge in [-0.15, -0.1) is 0 Å². The first-order valence-corrected chi connectivity index (χ1v) is 13.5. The Morgan fingerprint density at radius 2 is 1.74 bits per heavy atom. The third kappa shape index (κ3) is 8.01. The summed E-state index contributed by atoms with van der Waals surface area (Å²) in [6.45, 7) is 14.6. The third-order valence-corrected chi connectivity index (χ3v) is 7.44. The second kappa shape index (κ2) is 13.0. The molecule has 1 unspecified atom stereocenters. The number of amides is 2. The maximum atomic E-state index is 13.9. The number of nitrogens with one attached hydrogen (secondary N) is 2. The molecule has 4 atom stereocenters. The van der Waals surface area contributed by atoms with E-state index in [1.165, 1.54) is 0 Å². The van der Waals surface area contributed by atoms with Gasteiger partial charge in [-0.3, -0.25) is 19.3 Å². The summed E-state index contributed by atoms with van der Waals surface area (Å²) in [6.07, 6.45) is 0.213. The van der Waals surface area contributed by atoms with E-state index >= 15 is 0 Å². The topological polar surface area (TPSA) is 111 Å². The highest BCUT2D eigenvalue weighted by Gasteiger charge is 2.40. The van der Waals surface area contributed by atoms with Crippen LogP contribution in [0.4, 0.5) is 0 Å². The zero-order chi connectivity index (χ0) is 28.8. The highest BCUT2D eigenvalue weighted by atomic mass is 16.5. The number of carboxylic acid groups (broad SMARTS) is 1. The molecular weight excluding hydrogens is 484 g/mol. The van der Waals surface area contributed by atoms with Gasteiger partial charge < -0.3 is 25.4 Å². The number of benzene rings is 1. The van der Waals surface area contributed by atoms with Crippen LogP contribution in [0.25, 0.3) is 0 Å². The summed E-state index contributed by atoms with van der Waals surface area (Å²) in [6, 6.07) is 8.34. The van der Waals surface area contributed by atoms with Crippen LogP contribution in [0.3, 0.4) is 0 Å². The van der Waals surface area contributed by atoms with E-state index in [9.17, 15) is 19.5 Å². The number of carbonyl (C=O) groups excluding carboxylic acids is 2. The summed E-state index contributed by atoms with van der Waals surface area (Å²) in [5.74, 6) is -1.49. The first-order chi connectivity index (χ1) is 17.6. The number of nitrogens with zero attached hydrogens (tertiary/aromatic N) is 2. The number of ether oxygens (including phenoxy) is 1. The van der Waals surface area contributed by atoms with Gasteiger partial charge in [0, 0.05) is 25.0 Å². The molecule has 0 aliphatic carbocycles. The molecule has 2 amide bonds. The molecule has 1 aromatic rings. The van der Waals surface area contributed by atoms with Crippen molar-refractivity contribution >= 4 is 17.8 Å². The number of hydrogen-bond acceptors (Lipinski definition) is 6. The normalized spacial score (nSPS) is 19.2. The van der Waals surface area contributed by atoms with E-state index in [-0.39, 0.29) is 23.8 Å². The lowest BCUT2D eigenvalue weighted by Gasteiger charge is -2.39. The molecule has 9 heteroatoms. The van der Waals surface area contributed by atoms with Crippen LogP contribution in [-0.4, -0.2) is 89.8 Å². The summed E-state index contributed by atoms with van der Waals surface area (Å²) in [5, 5.41) is 15.6. The Morgan fingerprint density at radius 1 is 1.13 bits per heavy atom.